The first-order chi connectivity index (χ1) is 15.1. The van der Waals surface area contributed by atoms with Crippen molar-refractivity contribution in [3.05, 3.63) is 42.2 Å². The van der Waals surface area contributed by atoms with Gasteiger partial charge in [0.25, 0.3) is 0 Å². The van der Waals surface area contributed by atoms with Crippen LogP contribution in [0.25, 0.3) is 0 Å². The molecule has 4 N–H and O–H groups in total. The van der Waals surface area contributed by atoms with Crippen LogP contribution >= 0.6 is 0 Å². The molecule has 1 aliphatic carbocycles. The molecule has 0 radical (unpaired) electrons. The lowest BCUT2D eigenvalue weighted by molar-refractivity contribution is 0.0895. The number of anilines is 2. The number of sulfonamides is 1. The van der Waals surface area contributed by atoms with Crippen molar-refractivity contribution in [1.82, 2.24) is 15.3 Å². The largest absolute Gasteiger partial charge is 0.446 e. The highest BCUT2D eigenvalue weighted by atomic mass is 32.2. The number of aromatic nitrogens is 2. The summed E-state index contributed by atoms with van der Waals surface area (Å²) in [6, 6.07) is 5.22. The van der Waals surface area contributed by atoms with E-state index in [0.29, 0.717) is 24.5 Å². The average molecular weight is 470 g/mol. The minimum absolute atomic E-state index is 0.00878. The lowest BCUT2D eigenvalue weighted by Crippen LogP contribution is -2.36. The fourth-order valence-corrected chi connectivity index (χ4v) is 4.05. The number of ether oxygens (including phenoxy) is 1. The van der Waals surface area contributed by atoms with E-state index in [0.717, 1.165) is 12.0 Å². The van der Waals surface area contributed by atoms with Crippen LogP contribution in [0.2, 0.25) is 0 Å². The molecule has 0 spiro atoms. The van der Waals surface area contributed by atoms with E-state index in [1.807, 2.05) is 0 Å². The molecule has 1 aromatic carbocycles. The van der Waals surface area contributed by atoms with E-state index in [1.165, 1.54) is 19.1 Å². The predicted octanol–water partition coefficient (Wildman–Crippen LogP) is 3.27. The van der Waals surface area contributed by atoms with Crippen LogP contribution in [0.4, 0.5) is 25.2 Å². The maximum atomic E-state index is 12.4. The number of hydrogen-bond acceptors (Lipinski definition) is 7. The van der Waals surface area contributed by atoms with Crippen LogP contribution in [0, 0.1) is 0 Å². The number of primary sulfonamides is 1. The standard InChI is InChI=1S/C20H25F2N5O4S/c1-12(8-18(21)22)26-20(28)31-16-5-2-13(9-16)14-10-24-19(25-11-14)27-15-3-6-17(7-4-15)32(23,29)30/h3-4,6-7,10-13,16,18H,2,5,8-9H2,1H3,(H,26,28)(H2,23,29,30)(H,24,25,27)/t12-,13-,16+/m0/s1. The minimum atomic E-state index is -3.76. The van der Waals surface area contributed by atoms with Gasteiger partial charge in [0.2, 0.25) is 22.4 Å². The van der Waals surface area contributed by atoms with Gasteiger partial charge < -0.3 is 15.4 Å². The molecule has 1 aromatic heterocycles. The lowest BCUT2D eigenvalue weighted by Gasteiger charge is -2.17. The van der Waals surface area contributed by atoms with Crippen molar-refractivity contribution in [2.24, 2.45) is 5.14 Å². The fraction of sp³-hybridized carbons (Fsp3) is 0.450. The Hall–Kier alpha value is -2.86. The summed E-state index contributed by atoms with van der Waals surface area (Å²) in [6.07, 6.45) is 1.53. The predicted molar refractivity (Wildman–Crippen MR) is 113 cm³/mol. The van der Waals surface area contributed by atoms with E-state index in [1.54, 1.807) is 24.5 Å². The summed E-state index contributed by atoms with van der Waals surface area (Å²) in [7, 11) is -3.76. The lowest BCUT2D eigenvalue weighted by atomic mass is 10.0. The topological polar surface area (TPSA) is 136 Å². The maximum Gasteiger partial charge on any atom is 0.407 e. The molecular weight excluding hydrogens is 444 g/mol. The molecule has 2 aromatic rings. The van der Waals surface area contributed by atoms with Crippen LogP contribution in [-0.4, -0.2) is 43.1 Å². The zero-order chi connectivity index (χ0) is 23.3. The highest BCUT2D eigenvalue weighted by Gasteiger charge is 2.29. The smallest absolute Gasteiger partial charge is 0.407 e. The van der Waals surface area contributed by atoms with E-state index in [9.17, 15) is 22.0 Å². The Morgan fingerprint density at radius 3 is 2.47 bits per heavy atom. The van der Waals surface area contributed by atoms with E-state index < -0.39 is 35.0 Å². The van der Waals surface area contributed by atoms with E-state index in [-0.39, 0.29) is 16.9 Å². The van der Waals surface area contributed by atoms with Crippen molar-refractivity contribution >= 4 is 27.8 Å². The van der Waals surface area contributed by atoms with Gasteiger partial charge in [-0.05, 0) is 61.9 Å². The van der Waals surface area contributed by atoms with Gasteiger partial charge in [-0.15, -0.1) is 0 Å². The summed E-state index contributed by atoms with van der Waals surface area (Å²) in [4.78, 5) is 20.5. The van der Waals surface area contributed by atoms with Gasteiger partial charge in [0, 0.05) is 30.5 Å². The fourth-order valence-electron chi connectivity index (χ4n) is 3.53. The van der Waals surface area contributed by atoms with Crippen molar-refractivity contribution < 1.29 is 26.7 Å². The van der Waals surface area contributed by atoms with E-state index >= 15 is 0 Å². The first-order valence-electron chi connectivity index (χ1n) is 10.1. The molecule has 0 saturated heterocycles. The number of carbonyl (C=O) groups excluding carboxylic acids is 1. The van der Waals surface area contributed by atoms with Gasteiger partial charge >= 0.3 is 6.09 Å². The summed E-state index contributed by atoms with van der Waals surface area (Å²) in [6.45, 7) is 1.51. The first-order valence-corrected chi connectivity index (χ1v) is 11.6. The summed E-state index contributed by atoms with van der Waals surface area (Å²) in [5.41, 5.74) is 1.50. The third-order valence-corrected chi connectivity index (χ3v) is 6.07. The molecule has 1 amide bonds. The second-order valence-electron chi connectivity index (χ2n) is 7.74. The van der Waals surface area contributed by atoms with Crippen molar-refractivity contribution in [2.45, 2.75) is 62.0 Å². The number of hydrogen-bond donors (Lipinski definition) is 3. The quantitative estimate of drug-likeness (QED) is 0.540. The zero-order valence-electron chi connectivity index (χ0n) is 17.4. The number of benzene rings is 1. The monoisotopic (exact) mass is 469 g/mol. The number of rotatable bonds is 8. The van der Waals surface area contributed by atoms with Crippen molar-refractivity contribution in [1.29, 1.82) is 0 Å². The number of halogens is 2. The Morgan fingerprint density at radius 2 is 1.88 bits per heavy atom. The van der Waals surface area contributed by atoms with Crippen LogP contribution in [0.15, 0.2) is 41.6 Å². The van der Waals surface area contributed by atoms with Crippen LogP contribution in [0.3, 0.4) is 0 Å². The Morgan fingerprint density at radius 1 is 1.22 bits per heavy atom. The molecule has 3 rings (SSSR count). The Bertz CT molecular complexity index is 1020. The first kappa shape index (κ1) is 23.8. The molecule has 1 aliphatic rings. The third kappa shape index (κ3) is 6.82. The van der Waals surface area contributed by atoms with Gasteiger partial charge in [0.05, 0.1) is 4.90 Å². The minimum Gasteiger partial charge on any atom is -0.446 e. The Balaban J connectivity index is 1.50. The van der Waals surface area contributed by atoms with E-state index in [2.05, 4.69) is 20.6 Å². The van der Waals surface area contributed by atoms with Gasteiger partial charge in [-0.25, -0.2) is 37.1 Å². The maximum absolute atomic E-state index is 12.4. The van der Waals surface area contributed by atoms with Crippen molar-refractivity contribution in [3.8, 4) is 0 Å². The number of nitrogens with one attached hydrogen (secondary N) is 2. The van der Waals surface area contributed by atoms with Crippen molar-refractivity contribution in [2.75, 3.05) is 5.32 Å². The molecule has 0 unspecified atom stereocenters. The molecule has 1 fully saturated rings. The highest BCUT2D eigenvalue weighted by molar-refractivity contribution is 7.89. The van der Waals surface area contributed by atoms with E-state index in [4.69, 9.17) is 9.88 Å². The molecule has 1 saturated carbocycles. The molecule has 0 aliphatic heterocycles. The second kappa shape index (κ2) is 10.2. The number of alkyl halides is 2. The van der Waals surface area contributed by atoms with Gasteiger partial charge in [0.15, 0.2) is 0 Å². The van der Waals surface area contributed by atoms with Crippen LogP contribution < -0.4 is 15.8 Å². The molecule has 32 heavy (non-hydrogen) atoms. The zero-order valence-corrected chi connectivity index (χ0v) is 18.2. The van der Waals surface area contributed by atoms with Crippen molar-refractivity contribution in [3.63, 3.8) is 0 Å². The Kier molecular flexibility index (Phi) is 7.56. The summed E-state index contributed by atoms with van der Waals surface area (Å²) < 4.78 is 52.7. The number of amides is 1. The van der Waals surface area contributed by atoms with Gasteiger partial charge in [-0.2, -0.15) is 0 Å². The van der Waals surface area contributed by atoms with Gasteiger partial charge in [-0.3, -0.25) is 0 Å². The average Bonchev–Trinajstić information content (AvgIpc) is 3.15. The second-order valence-corrected chi connectivity index (χ2v) is 9.31. The molecule has 0 bridgehead atoms. The molecule has 3 atom stereocenters. The number of alkyl carbamates (subject to hydrolysis) is 1. The molecular formula is C20H25F2N5O4S. The van der Waals surface area contributed by atoms with Crippen LogP contribution in [0.1, 0.15) is 44.1 Å². The van der Waals surface area contributed by atoms with Crippen LogP contribution in [-0.2, 0) is 14.8 Å². The molecule has 9 nitrogen and oxygen atoms in total. The van der Waals surface area contributed by atoms with Crippen LogP contribution in [0.5, 0.6) is 0 Å². The molecule has 12 heteroatoms. The van der Waals surface area contributed by atoms with Gasteiger partial charge in [0.1, 0.15) is 6.10 Å². The highest BCUT2D eigenvalue weighted by Crippen LogP contribution is 2.35. The normalized spacial score (nSPS) is 19.5. The summed E-state index contributed by atoms with van der Waals surface area (Å²) >= 11 is 0. The SMILES string of the molecule is C[C@@H](CC(F)F)NC(=O)O[C@@H]1CC[C@H](c2cnc(Nc3ccc(S(N)(=O)=O)cc3)nc2)C1. The Labute approximate surface area is 184 Å². The number of nitrogens with zero attached hydrogens (tertiary/aromatic N) is 2. The summed E-state index contributed by atoms with van der Waals surface area (Å²) in [5.74, 6) is 0.463. The third-order valence-electron chi connectivity index (χ3n) is 5.14. The summed E-state index contributed by atoms with van der Waals surface area (Å²) in [5, 5.41) is 10.5. The molecule has 1 heterocycles. The molecule has 174 valence electrons. The van der Waals surface area contributed by atoms with Gasteiger partial charge in [-0.1, -0.05) is 0 Å². The number of nitrogens with two attached hydrogens (primary N) is 1. The number of carbonyl (C=O) groups is 1.